The molecule has 7 heteroatoms. The molecule has 0 radical (unpaired) electrons. The van der Waals surface area contributed by atoms with Gasteiger partial charge >= 0.3 is 0 Å². The molecule has 2 amide bonds. The number of carbonyl (C=O) groups is 2. The van der Waals surface area contributed by atoms with Crippen molar-refractivity contribution in [2.75, 3.05) is 13.6 Å². The van der Waals surface area contributed by atoms with E-state index in [0.717, 1.165) is 37.8 Å². The molecule has 1 atom stereocenters. The Hall–Kier alpha value is -2.70. The molecule has 2 heterocycles. The number of carbonyl (C=O) groups excluding carboxylic acids is 2. The molecule has 2 fully saturated rings. The molecule has 1 saturated heterocycles. The van der Waals surface area contributed by atoms with E-state index in [0.29, 0.717) is 31.1 Å². The van der Waals surface area contributed by atoms with Gasteiger partial charge in [0.25, 0.3) is 0 Å². The predicted molar refractivity (Wildman–Crippen MR) is 102 cm³/mol. The summed E-state index contributed by atoms with van der Waals surface area (Å²) in [6.07, 6.45) is 4.57. The maximum atomic E-state index is 12.4. The van der Waals surface area contributed by atoms with Crippen molar-refractivity contribution < 1.29 is 14.1 Å². The molecule has 1 saturated carbocycles. The van der Waals surface area contributed by atoms with Gasteiger partial charge in [-0.2, -0.15) is 4.98 Å². The zero-order chi connectivity index (χ0) is 19.5. The lowest BCUT2D eigenvalue weighted by Crippen LogP contribution is -2.32. The normalized spacial score (nSPS) is 19.0. The summed E-state index contributed by atoms with van der Waals surface area (Å²) in [4.78, 5) is 32.9. The standard InChI is InChI=1S/C21H26N4O3/c1-24(14-15-6-3-2-4-7-15)19(26)12-11-18-22-20(23-28-18)17-8-5-13-25(17)21(27)16-9-10-16/h2-4,6-7,16-17H,5,8-14H2,1H3. The monoisotopic (exact) mass is 382 g/mol. The molecule has 7 nitrogen and oxygen atoms in total. The third kappa shape index (κ3) is 4.24. The van der Waals surface area contributed by atoms with Gasteiger partial charge in [-0.3, -0.25) is 9.59 Å². The van der Waals surface area contributed by atoms with Crippen LogP contribution in [0.15, 0.2) is 34.9 Å². The lowest BCUT2D eigenvalue weighted by atomic mass is 10.2. The number of amides is 2. The molecule has 1 aromatic heterocycles. The molecule has 4 rings (SSSR count). The van der Waals surface area contributed by atoms with E-state index in [2.05, 4.69) is 10.1 Å². The van der Waals surface area contributed by atoms with Crippen LogP contribution in [0.25, 0.3) is 0 Å². The highest BCUT2D eigenvalue weighted by Crippen LogP contribution is 2.37. The summed E-state index contributed by atoms with van der Waals surface area (Å²) >= 11 is 0. The van der Waals surface area contributed by atoms with Gasteiger partial charge in [-0.1, -0.05) is 35.5 Å². The number of benzene rings is 1. The molecule has 0 bridgehead atoms. The van der Waals surface area contributed by atoms with Gasteiger partial charge in [0, 0.05) is 38.9 Å². The maximum Gasteiger partial charge on any atom is 0.227 e. The Morgan fingerprint density at radius 2 is 2.00 bits per heavy atom. The van der Waals surface area contributed by atoms with Crippen LogP contribution in [0.5, 0.6) is 0 Å². The molecule has 0 spiro atoms. The Labute approximate surface area is 164 Å². The van der Waals surface area contributed by atoms with Crippen molar-refractivity contribution in [2.45, 2.75) is 51.1 Å². The smallest absolute Gasteiger partial charge is 0.227 e. The van der Waals surface area contributed by atoms with Crippen LogP contribution < -0.4 is 0 Å². The molecule has 0 N–H and O–H groups in total. The molecule has 1 aliphatic heterocycles. The van der Waals surface area contributed by atoms with Crippen LogP contribution in [0.2, 0.25) is 0 Å². The molecule has 1 aromatic carbocycles. The van der Waals surface area contributed by atoms with Crippen LogP contribution in [0, 0.1) is 5.92 Å². The van der Waals surface area contributed by atoms with Gasteiger partial charge in [0.2, 0.25) is 17.7 Å². The highest BCUT2D eigenvalue weighted by Gasteiger charge is 2.40. The second-order valence-electron chi connectivity index (χ2n) is 7.75. The number of aromatic nitrogens is 2. The second-order valence-corrected chi connectivity index (χ2v) is 7.75. The van der Waals surface area contributed by atoms with Crippen LogP contribution in [0.1, 0.15) is 55.4 Å². The average molecular weight is 382 g/mol. The molecule has 148 valence electrons. The molecule has 2 aromatic rings. The van der Waals surface area contributed by atoms with Gasteiger partial charge in [0.15, 0.2) is 5.82 Å². The summed E-state index contributed by atoms with van der Waals surface area (Å²) in [6, 6.07) is 9.82. The maximum absolute atomic E-state index is 12.4. The van der Waals surface area contributed by atoms with Crippen LogP contribution in [-0.4, -0.2) is 45.3 Å². The van der Waals surface area contributed by atoms with Crippen molar-refractivity contribution in [2.24, 2.45) is 5.92 Å². The predicted octanol–water partition coefficient (Wildman–Crippen LogP) is 2.73. The Kier molecular flexibility index (Phi) is 5.41. The van der Waals surface area contributed by atoms with Crippen LogP contribution in [0.3, 0.4) is 0 Å². The first-order chi connectivity index (χ1) is 13.6. The van der Waals surface area contributed by atoms with E-state index in [1.165, 1.54) is 0 Å². The lowest BCUT2D eigenvalue weighted by molar-refractivity contribution is -0.133. The van der Waals surface area contributed by atoms with Crippen molar-refractivity contribution in [1.29, 1.82) is 0 Å². The fourth-order valence-electron chi connectivity index (χ4n) is 3.72. The Morgan fingerprint density at radius 1 is 1.21 bits per heavy atom. The van der Waals surface area contributed by atoms with Crippen LogP contribution >= 0.6 is 0 Å². The van der Waals surface area contributed by atoms with Crippen molar-refractivity contribution >= 4 is 11.8 Å². The Bertz CT molecular complexity index is 831. The van der Waals surface area contributed by atoms with Gasteiger partial charge in [-0.15, -0.1) is 0 Å². The highest BCUT2D eigenvalue weighted by molar-refractivity contribution is 5.81. The third-order valence-corrected chi connectivity index (χ3v) is 5.49. The van der Waals surface area contributed by atoms with E-state index < -0.39 is 0 Å². The summed E-state index contributed by atoms with van der Waals surface area (Å²) in [6.45, 7) is 1.35. The second kappa shape index (κ2) is 8.12. The van der Waals surface area contributed by atoms with E-state index in [9.17, 15) is 9.59 Å². The minimum atomic E-state index is -0.0814. The first-order valence-electron chi connectivity index (χ1n) is 10.0. The Balaban J connectivity index is 1.31. The summed E-state index contributed by atoms with van der Waals surface area (Å²) in [5, 5.41) is 4.10. The van der Waals surface area contributed by atoms with Crippen molar-refractivity contribution in [3.8, 4) is 0 Å². The van der Waals surface area contributed by atoms with Gasteiger partial charge in [-0.05, 0) is 31.2 Å². The summed E-state index contributed by atoms with van der Waals surface area (Å²) in [5.74, 6) is 1.50. The minimum Gasteiger partial charge on any atom is -0.341 e. The van der Waals surface area contributed by atoms with Crippen LogP contribution in [0.4, 0.5) is 0 Å². The van der Waals surface area contributed by atoms with Gasteiger partial charge in [-0.25, -0.2) is 0 Å². The topological polar surface area (TPSA) is 79.5 Å². The fraction of sp³-hybridized carbons (Fsp3) is 0.524. The van der Waals surface area contributed by atoms with E-state index in [1.807, 2.05) is 35.2 Å². The van der Waals surface area contributed by atoms with E-state index in [-0.39, 0.29) is 23.8 Å². The van der Waals surface area contributed by atoms with E-state index in [4.69, 9.17) is 4.52 Å². The number of aryl methyl sites for hydroxylation is 1. The van der Waals surface area contributed by atoms with E-state index >= 15 is 0 Å². The fourth-order valence-corrected chi connectivity index (χ4v) is 3.72. The van der Waals surface area contributed by atoms with E-state index in [1.54, 1.807) is 11.9 Å². The molecule has 28 heavy (non-hydrogen) atoms. The summed E-state index contributed by atoms with van der Waals surface area (Å²) in [5.41, 5.74) is 1.10. The first-order valence-corrected chi connectivity index (χ1v) is 10.0. The molecular weight excluding hydrogens is 356 g/mol. The molecular formula is C21H26N4O3. The number of likely N-dealkylation sites (tertiary alicyclic amines) is 1. The highest BCUT2D eigenvalue weighted by atomic mass is 16.5. The number of nitrogens with zero attached hydrogens (tertiary/aromatic N) is 4. The molecule has 1 unspecified atom stereocenters. The number of hydrogen-bond donors (Lipinski definition) is 0. The molecule has 1 aliphatic carbocycles. The largest absolute Gasteiger partial charge is 0.341 e. The summed E-state index contributed by atoms with van der Waals surface area (Å²) in [7, 11) is 1.80. The van der Waals surface area contributed by atoms with Gasteiger partial charge in [0.05, 0.1) is 6.04 Å². The number of rotatable bonds is 7. The summed E-state index contributed by atoms with van der Waals surface area (Å²) < 4.78 is 5.36. The number of hydrogen-bond acceptors (Lipinski definition) is 5. The van der Waals surface area contributed by atoms with Gasteiger partial charge in [0.1, 0.15) is 0 Å². The zero-order valence-electron chi connectivity index (χ0n) is 16.2. The van der Waals surface area contributed by atoms with Crippen LogP contribution in [-0.2, 0) is 22.6 Å². The average Bonchev–Trinajstić information content (AvgIpc) is 3.25. The zero-order valence-corrected chi connectivity index (χ0v) is 16.2. The van der Waals surface area contributed by atoms with Crippen molar-refractivity contribution in [3.05, 3.63) is 47.6 Å². The molecule has 2 aliphatic rings. The quantitative estimate of drug-likeness (QED) is 0.736. The third-order valence-electron chi connectivity index (χ3n) is 5.49. The Morgan fingerprint density at radius 3 is 2.75 bits per heavy atom. The first kappa shape index (κ1) is 18.7. The van der Waals surface area contributed by atoms with Crippen molar-refractivity contribution in [3.63, 3.8) is 0 Å². The lowest BCUT2D eigenvalue weighted by Gasteiger charge is -2.21. The SMILES string of the molecule is CN(Cc1ccccc1)C(=O)CCc1nc(C2CCCN2C(=O)C2CC2)no1. The van der Waals surface area contributed by atoms with Gasteiger partial charge < -0.3 is 14.3 Å². The minimum absolute atomic E-state index is 0.0370. The van der Waals surface area contributed by atoms with Crippen molar-refractivity contribution in [1.82, 2.24) is 19.9 Å².